The monoisotopic (exact) mass is 533 g/mol. The first-order valence-corrected chi connectivity index (χ1v) is 13.5. The maximum atomic E-state index is 13.4. The van der Waals surface area contributed by atoms with E-state index in [4.69, 9.17) is 9.73 Å². The number of hydrogen-bond donors (Lipinski definition) is 1. The number of halogens is 1. The summed E-state index contributed by atoms with van der Waals surface area (Å²) in [6, 6.07) is 19.0. The molecule has 6 nitrogen and oxygen atoms in total. The minimum absolute atomic E-state index is 0.112. The number of rotatable bonds is 8. The van der Waals surface area contributed by atoms with E-state index < -0.39 is 12.0 Å². The van der Waals surface area contributed by atoms with Gasteiger partial charge in [-0.2, -0.15) is 0 Å². The normalized spacial score (nSPS) is 16.7. The average Bonchev–Trinajstić information content (AvgIpc) is 3.57. The molecule has 188 valence electrons. The van der Waals surface area contributed by atoms with Crippen molar-refractivity contribution in [1.29, 1.82) is 0 Å². The molecule has 2 aliphatic heterocycles. The largest absolute Gasteiger partial charge is 0.457 e. The van der Waals surface area contributed by atoms with E-state index in [1.54, 1.807) is 12.1 Å². The lowest BCUT2D eigenvalue weighted by Crippen LogP contribution is -2.37. The van der Waals surface area contributed by atoms with Crippen LogP contribution in [-0.2, 0) is 27.5 Å². The van der Waals surface area contributed by atoms with Crippen molar-refractivity contribution in [3.8, 4) is 0 Å². The molecule has 3 aromatic rings. The number of carbonyl (C=O) groups excluding carboxylic acids is 2. The molecule has 5 rings (SSSR count). The quantitative estimate of drug-likeness (QED) is 0.365. The highest BCUT2D eigenvalue weighted by atomic mass is 32.2. The van der Waals surface area contributed by atoms with Gasteiger partial charge in [-0.1, -0.05) is 60.3 Å². The molecule has 1 N–H and O–H groups in total. The lowest BCUT2D eigenvalue weighted by molar-refractivity contribution is -0.141. The van der Waals surface area contributed by atoms with Crippen LogP contribution in [0.1, 0.15) is 35.4 Å². The zero-order chi connectivity index (χ0) is 25.8. The van der Waals surface area contributed by atoms with Gasteiger partial charge in [-0.05, 0) is 47.0 Å². The number of nitrogens with zero attached hydrogens (tertiary/aromatic N) is 2. The molecule has 0 unspecified atom stereocenters. The SMILES string of the molecule is CC1=C(C(=O)OCc2ccccc2)[C@@H](c2cccs2)N2C(CC(=O)NCc3ccc(F)cc3)=CSC2=N1. The summed E-state index contributed by atoms with van der Waals surface area (Å²) in [5.74, 6) is -0.928. The van der Waals surface area contributed by atoms with Gasteiger partial charge in [-0.3, -0.25) is 4.79 Å². The molecule has 0 saturated heterocycles. The van der Waals surface area contributed by atoms with Crippen molar-refractivity contribution in [2.45, 2.75) is 32.5 Å². The molecule has 2 aromatic carbocycles. The highest BCUT2D eigenvalue weighted by molar-refractivity contribution is 8.16. The Morgan fingerprint density at radius 1 is 1.05 bits per heavy atom. The third-order valence-electron chi connectivity index (χ3n) is 5.99. The minimum Gasteiger partial charge on any atom is -0.457 e. The molecule has 0 aliphatic carbocycles. The smallest absolute Gasteiger partial charge is 0.338 e. The molecular formula is C28H24FN3O3S2. The number of benzene rings is 2. The topological polar surface area (TPSA) is 71.0 Å². The number of allylic oxidation sites excluding steroid dienone is 1. The summed E-state index contributed by atoms with van der Waals surface area (Å²) < 4.78 is 18.9. The number of amides is 1. The van der Waals surface area contributed by atoms with Crippen LogP contribution in [-0.4, -0.2) is 21.9 Å². The number of nitrogens with one attached hydrogen (secondary N) is 1. The van der Waals surface area contributed by atoms with Crippen LogP contribution in [0.4, 0.5) is 4.39 Å². The Hall–Kier alpha value is -3.69. The Morgan fingerprint density at radius 3 is 2.57 bits per heavy atom. The zero-order valence-electron chi connectivity index (χ0n) is 20.0. The molecular weight excluding hydrogens is 509 g/mol. The number of fused-ring (bicyclic) bond motifs is 1. The van der Waals surface area contributed by atoms with Gasteiger partial charge in [0.1, 0.15) is 18.5 Å². The lowest BCUT2D eigenvalue weighted by atomic mass is 9.99. The second kappa shape index (κ2) is 11.1. The van der Waals surface area contributed by atoms with Crippen LogP contribution in [0.15, 0.2) is 99.5 Å². The predicted molar refractivity (Wildman–Crippen MR) is 144 cm³/mol. The molecule has 0 radical (unpaired) electrons. The summed E-state index contributed by atoms with van der Waals surface area (Å²) >= 11 is 2.97. The molecule has 0 fully saturated rings. The number of hydrogen-bond acceptors (Lipinski definition) is 7. The van der Waals surface area contributed by atoms with Gasteiger partial charge in [0.05, 0.1) is 17.7 Å². The summed E-state index contributed by atoms with van der Waals surface area (Å²) in [5, 5.41) is 7.48. The van der Waals surface area contributed by atoms with E-state index in [9.17, 15) is 14.0 Å². The number of aliphatic imine (C=N–C) groups is 1. The van der Waals surface area contributed by atoms with Crippen molar-refractivity contribution in [3.05, 3.63) is 116 Å². The molecule has 37 heavy (non-hydrogen) atoms. The molecule has 1 aromatic heterocycles. The van der Waals surface area contributed by atoms with Crippen LogP contribution in [0, 0.1) is 5.82 Å². The second-order valence-electron chi connectivity index (χ2n) is 8.55. The van der Waals surface area contributed by atoms with Gasteiger partial charge in [0.25, 0.3) is 0 Å². The molecule has 1 amide bonds. The number of thioether (sulfide) groups is 1. The number of ether oxygens (including phenoxy) is 1. The fourth-order valence-corrected chi connectivity index (χ4v) is 5.97. The van der Waals surface area contributed by atoms with Crippen molar-refractivity contribution in [3.63, 3.8) is 0 Å². The van der Waals surface area contributed by atoms with Crippen molar-refractivity contribution in [2.24, 2.45) is 4.99 Å². The Kier molecular flexibility index (Phi) is 7.52. The molecule has 9 heteroatoms. The number of amidine groups is 1. The van der Waals surface area contributed by atoms with E-state index in [1.165, 1.54) is 35.2 Å². The fraction of sp³-hybridized carbons (Fsp3) is 0.179. The van der Waals surface area contributed by atoms with Gasteiger partial charge in [0, 0.05) is 17.1 Å². The zero-order valence-corrected chi connectivity index (χ0v) is 21.7. The van der Waals surface area contributed by atoms with Crippen LogP contribution >= 0.6 is 23.1 Å². The first-order chi connectivity index (χ1) is 18.0. The Morgan fingerprint density at radius 2 is 1.84 bits per heavy atom. The average molecular weight is 534 g/mol. The van der Waals surface area contributed by atoms with Crippen LogP contribution in [0.3, 0.4) is 0 Å². The lowest BCUT2D eigenvalue weighted by Gasteiger charge is -2.35. The van der Waals surface area contributed by atoms with Gasteiger partial charge >= 0.3 is 5.97 Å². The minimum atomic E-state index is -0.443. The van der Waals surface area contributed by atoms with Crippen LogP contribution in [0.5, 0.6) is 0 Å². The summed E-state index contributed by atoms with van der Waals surface area (Å²) in [7, 11) is 0. The maximum Gasteiger partial charge on any atom is 0.338 e. The van der Waals surface area contributed by atoms with Gasteiger partial charge in [-0.25, -0.2) is 14.2 Å². The number of carbonyl (C=O) groups is 2. The molecule has 1 atom stereocenters. The number of esters is 1. The molecule has 0 bridgehead atoms. The van der Waals surface area contributed by atoms with E-state index >= 15 is 0 Å². The summed E-state index contributed by atoms with van der Waals surface area (Å²) in [6.45, 7) is 2.27. The van der Waals surface area contributed by atoms with Crippen LogP contribution in [0.2, 0.25) is 0 Å². The Bertz CT molecular complexity index is 1380. The highest BCUT2D eigenvalue weighted by Gasteiger charge is 2.41. The first kappa shape index (κ1) is 25.0. The van der Waals surface area contributed by atoms with Crippen LogP contribution < -0.4 is 5.32 Å². The van der Waals surface area contributed by atoms with Gasteiger partial charge in [-0.15, -0.1) is 11.3 Å². The van der Waals surface area contributed by atoms with Gasteiger partial charge < -0.3 is 15.0 Å². The van der Waals surface area contributed by atoms with E-state index in [0.717, 1.165) is 26.9 Å². The van der Waals surface area contributed by atoms with Gasteiger partial charge in [0.2, 0.25) is 5.91 Å². The third kappa shape index (κ3) is 5.68. The van der Waals surface area contributed by atoms with Crippen LogP contribution in [0.25, 0.3) is 0 Å². The van der Waals surface area contributed by atoms with E-state index in [2.05, 4.69) is 5.32 Å². The summed E-state index contributed by atoms with van der Waals surface area (Å²) in [6.07, 6.45) is 0.112. The molecule has 0 saturated carbocycles. The summed E-state index contributed by atoms with van der Waals surface area (Å²) in [5.41, 5.74) is 3.52. The van der Waals surface area contributed by atoms with Gasteiger partial charge in [0.15, 0.2) is 5.17 Å². The van der Waals surface area contributed by atoms with Crippen molar-refractivity contribution in [2.75, 3.05) is 0 Å². The first-order valence-electron chi connectivity index (χ1n) is 11.7. The standard InChI is InChI=1S/C28H24FN3O3S2/c1-18-25(27(34)35-16-20-6-3-2-4-7-20)26(23-8-5-13-36-23)32-22(17-37-28(32)31-18)14-24(33)30-15-19-9-11-21(29)12-10-19/h2-13,17,26H,14-16H2,1H3,(H,30,33)/t26-/m1/s1. The Labute approximate surface area is 222 Å². The van der Waals surface area contributed by atoms with E-state index in [1.807, 2.05) is 65.1 Å². The highest BCUT2D eigenvalue weighted by Crippen LogP contribution is 2.45. The van der Waals surface area contributed by atoms with E-state index in [0.29, 0.717) is 17.8 Å². The van der Waals surface area contributed by atoms with E-state index in [-0.39, 0.29) is 24.8 Å². The second-order valence-corrected chi connectivity index (χ2v) is 10.4. The predicted octanol–water partition coefficient (Wildman–Crippen LogP) is 5.91. The van der Waals surface area contributed by atoms with Crippen molar-refractivity contribution in [1.82, 2.24) is 10.2 Å². The Balaban J connectivity index is 1.34. The maximum absolute atomic E-state index is 13.4. The summed E-state index contributed by atoms with van der Waals surface area (Å²) in [4.78, 5) is 33.8. The third-order valence-corrected chi connectivity index (χ3v) is 7.80. The number of thiophene rings is 1. The molecule has 0 spiro atoms. The van der Waals surface area contributed by atoms with Crippen molar-refractivity contribution < 1.29 is 18.7 Å². The molecule has 3 heterocycles. The fourth-order valence-electron chi connectivity index (χ4n) is 4.18. The van der Waals surface area contributed by atoms with Crippen molar-refractivity contribution >= 4 is 40.1 Å². The molecule has 2 aliphatic rings.